The number of fused-ring (bicyclic) bond motifs is 6. The fraction of sp³-hybridized carbons (Fsp3) is 0.750. The minimum absolute atomic E-state index is 0.000315. The number of thioether (sulfide) groups is 1. The van der Waals surface area contributed by atoms with Crippen LogP contribution >= 0.6 is 35.2 Å². The number of unbranched alkanes of at least 4 members (excludes halogenated alkanes) is 2. The van der Waals surface area contributed by atoms with E-state index < -0.39 is 107 Å². The molecule has 17 atom stereocenters. The number of nitrogens with one attached hydrogen (secondary N) is 3. The molecule has 2 saturated heterocycles. The van der Waals surface area contributed by atoms with Gasteiger partial charge >= 0.3 is 29.4 Å². The largest absolute Gasteiger partial charge is 0.481 e. The van der Waals surface area contributed by atoms with Crippen LogP contribution in [0.1, 0.15) is 143 Å². The molecule has 34 nitrogen and oxygen atoms in total. The third-order valence-corrected chi connectivity index (χ3v) is 25.5. The van der Waals surface area contributed by atoms with Crippen molar-refractivity contribution >= 4 is 99.3 Å². The Morgan fingerprint density at radius 2 is 1.59 bits per heavy atom. The lowest BCUT2D eigenvalue weighted by atomic mass is 9.42. The molecule has 0 radical (unpaired) electrons. The number of cyclic esters (lactones) is 1. The van der Waals surface area contributed by atoms with Crippen LogP contribution in [0.15, 0.2) is 24.3 Å². The number of carbonyl (C=O) groups excluding carboxylic acids is 8. The summed E-state index contributed by atoms with van der Waals surface area (Å²) in [6.45, 7) is 4.65. The summed E-state index contributed by atoms with van der Waals surface area (Å²) in [5.74, 6) is -2.48. The molecule has 7 aliphatic rings. The Morgan fingerprint density at radius 1 is 0.857 bits per heavy atom. The number of aromatic nitrogens is 4. The van der Waals surface area contributed by atoms with Crippen molar-refractivity contribution in [3.05, 3.63) is 24.3 Å². The van der Waals surface area contributed by atoms with Crippen LogP contribution in [0.4, 0.5) is 5.82 Å². The SMILES string of the molecule is CC(C)(COP(=O)(O)OP(=O)(O)OC[C@H]1O[C@@H](n2cnc3c(N)ncnc32)C(O)[C@H]1OP(=O)(O)O)[C@@H](O)C(=O)NCCC(=O)NCCSC1CC(=O)N(CCCCCC(=O)CNC(=O)CCC(=O)C[C@H]2CC[C@@]3(C)[C@H](CC[C@@H]4[C@H]3C[C@@H](O)[C@]3(C)[C@@H](C5=CC(=O)OC5)CC[C@]43O)C2)C1=O. The van der Waals surface area contributed by atoms with Gasteiger partial charge in [-0.25, -0.2) is 33.4 Å². The molecule has 6 fully saturated rings. The van der Waals surface area contributed by atoms with Gasteiger partial charge in [-0.1, -0.05) is 34.1 Å². The minimum atomic E-state index is -5.64. The van der Waals surface area contributed by atoms with Crippen molar-refractivity contribution in [1.29, 1.82) is 0 Å². The van der Waals surface area contributed by atoms with Crippen molar-refractivity contribution in [1.82, 2.24) is 40.4 Å². The molecule has 2 aromatic rings. The van der Waals surface area contributed by atoms with Crippen LogP contribution in [0.25, 0.3) is 11.2 Å². The zero-order valence-electron chi connectivity index (χ0n) is 54.9. The van der Waals surface area contributed by atoms with Crippen molar-refractivity contribution in [2.45, 2.75) is 184 Å². The van der Waals surface area contributed by atoms with Crippen molar-refractivity contribution in [3.63, 3.8) is 0 Å². The molecule has 5 amide bonds. The predicted molar refractivity (Wildman–Crippen MR) is 343 cm³/mol. The maximum Gasteiger partial charge on any atom is 0.481 e. The van der Waals surface area contributed by atoms with Gasteiger partial charge in [0.15, 0.2) is 23.5 Å². The van der Waals surface area contributed by atoms with Gasteiger partial charge in [-0.15, -0.1) is 11.8 Å². The van der Waals surface area contributed by atoms with Crippen LogP contribution in [0, 0.1) is 45.8 Å². The summed E-state index contributed by atoms with van der Waals surface area (Å²) in [6.07, 6.45) is 1.77. The summed E-state index contributed by atoms with van der Waals surface area (Å²) in [7, 11) is -16.6. The molecule has 4 saturated carbocycles. The second-order valence-electron chi connectivity index (χ2n) is 27.9. The van der Waals surface area contributed by atoms with Crippen LogP contribution in [0.5, 0.6) is 0 Å². The standard InChI is InChI=1S/C60H90N9O25P3S/c1-57(2,30-91-97(87,88)94-96(85,86)90-29-41-50(93-95(82,83)84)49(77)56(92-41)69-32-67-48-52(61)65-31-66-53(48)69)51(78)54(79)63-18-15-45(74)62-19-21-98-42-26-46(75)68(55(42)80)20-7-5-6-8-37(71)27-64-44(73)12-10-36(70)23-33-13-16-58(3)35(22-33)9-11-39-40(58)25-43(72)59(4)38(14-17-60(39,59)81)34-24-47(76)89-28-34/h24,31-33,35,38-43,49-51,56,72,77-78,81H,5-23,25-30H2,1-4H3,(H,62,74)(H,63,79)(H,64,73)(H,85,86)(H,87,88)(H2,61,65,66)(H2,82,83,84)/t33-,35+,38+,39+,40+,41+,42?,43+,49?,50-,51-,56+,58-,59-,60-/m0/s1. The van der Waals surface area contributed by atoms with Gasteiger partial charge in [0.25, 0.3) is 0 Å². The lowest BCUT2D eigenvalue weighted by Gasteiger charge is -2.65. The highest BCUT2D eigenvalue weighted by molar-refractivity contribution is 8.00. The molecule has 3 aliphatic heterocycles. The quantitative estimate of drug-likeness (QED) is 0.0207. The summed E-state index contributed by atoms with van der Waals surface area (Å²) in [6, 6.07) is 0. The van der Waals surface area contributed by atoms with E-state index in [1.165, 1.54) is 36.6 Å². The van der Waals surface area contributed by atoms with Crippen LogP contribution in [0.3, 0.4) is 0 Å². The maximum atomic E-state index is 13.2. The average Bonchev–Trinajstić information content (AvgIpc) is 1.40. The molecular formula is C60H90N9O25P3S. The highest BCUT2D eigenvalue weighted by atomic mass is 32.2. The van der Waals surface area contributed by atoms with E-state index >= 15 is 0 Å². The summed E-state index contributed by atoms with van der Waals surface area (Å²) in [5, 5.41) is 53.1. The first-order chi connectivity index (χ1) is 46.0. The molecule has 0 aromatic carbocycles. The number of likely N-dealkylation sites (tertiary alicyclic amines) is 1. The topological polar surface area (TPSA) is 514 Å². The van der Waals surface area contributed by atoms with E-state index in [9.17, 15) is 92.1 Å². The molecule has 13 N–H and O–H groups in total. The van der Waals surface area contributed by atoms with Gasteiger partial charge < -0.3 is 71.2 Å². The number of Topliss-reactive ketones (excluding diaryl/α,β-unsaturated/α-hetero) is 2. The van der Waals surface area contributed by atoms with Crippen LogP contribution < -0.4 is 21.7 Å². The van der Waals surface area contributed by atoms with E-state index in [4.69, 9.17) is 24.3 Å². The fourth-order valence-corrected chi connectivity index (χ4v) is 19.7. The summed E-state index contributed by atoms with van der Waals surface area (Å²) in [4.78, 5) is 155. The van der Waals surface area contributed by atoms with Gasteiger partial charge in [0.1, 0.15) is 48.7 Å². The van der Waals surface area contributed by atoms with Crippen LogP contribution in [0.2, 0.25) is 0 Å². The van der Waals surface area contributed by atoms with Crippen molar-refractivity contribution in [3.8, 4) is 0 Å². The second kappa shape index (κ2) is 31.3. The van der Waals surface area contributed by atoms with Gasteiger partial charge in [-0.2, -0.15) is 4.31 Å². The van der Waals surface area contributed by atoms with E-state index in [2.05, 4.69) is 46.7 Å². The van der Waals surface area contributed by atoms with Gasteiger partial charge in [0, 0.05) is 80.8 Å². The Bertz CT molecular complexity index is 3530. The molecule has 2 aromatic heterocycles. The molecule has 9 rings (SSSR count). The number of nitrogens with two attached hydrogens (primary N) is 1. The number of phosphoric ester groups is 3. The van der Waals surface area contributed by atoms with E-state index in [-0.39, 0.29) is 152 Å². The molecule has 546 valence electrons. The first-order valence-electron chi connectivity index (χ1n) is 32.9. The number of hydrogen-bond acceptors (Lipinski definition) is 26. The third kappa shape index (κ3) is 17.7. The zero-order valence-corrected chi connectivity index (χ0v) is 58.4. The number of amides is 5. The van der Waals surface area contributed by atoms with Crippen molar-refractivity contribution in [2.24, 2.45) is 45.8 Å². The number of nitrogen functional groups attached to an aromatic ring is 1. The number of imide groups is 1. The van der Waals surface area contributed by atoms with Crippen molar-refractivity contribution in [2.75, 3.05) is 57.5 Å². The van der Waals surface area contributed by atoms with Crippen molar-refractivity contribution < 1.29 is 119 Å². The Labute approximate surface area is 568 Å². The Hall–Kier alpha value is -5.03. The van der Waals surface area contributed by atoms with Gasteiger partial charge in [-0.3, -0.25) is 56.6 Å². The number of phosphoric acid groups is 3. The number of ether oxygens (including phenoxy) is 2. The number of aliphatic hydroxyl groups excluding tert-OH is 3. The minimum Gasteiger partial charge on any atom is -0.458 e. The van der Waals surface area contributed by atoms with Gasteiger partial charge in [0.05, 0.1) is 43.0 Å². The number of anilines is 1. The third-order valence-electron chi connectivity index (χ3n) is 21.2. The predicted octanol–water partition coefficient (Wildman–Crippen LogP) is 2.09. The van der Waals surface area contributed by atoms with E-state index in [0.29, 0.717) is 50.9 Å². The number of hydrogen-bond donors (Lipinski definition) is 12. The van der Waals surface area contributed by atoms with E-state index in [0.717, 1.165) is 54.9 Å². The first-order valence-corrected chi connectivity index (χ1v) is 38.5. The normalized spacial score (nSPS) is 31.7. The van der Waals surface area contributed by atoms with Gasteiger partial charge in [-0.05, 0) is 105 Å². The number of carbonyl (C=O) groups is 8. The number of ketones is 2. The van der Waals surface area contributed by atoms with Gasteiger partial charge in [0.2, 0.25) is 29.5 Å². The summed E-state index contributed by atoms with van der Waals surface area (Å²) in [5.41, 5.74) is 3.11. The number of nitrogens with zero attached hydrogens (tertiary/aromatic N) is 5. The Balaban J connectivity index is 0.588. The van der Waals surface area contributed by atoms with Crippen LogP contribution in [-0.2, 0) is 79.4 Å². The molecule has 38 heteroatoms. The van der Waals surface area contributed by atoms with E-state index in [1.54, 1.807) is 0 Å². The maximum absolute atomic E-state index is 13.2. The molecule has 0 spiro atoms. The lowest BCUT2D eigenvalue weighted by molar-refractivity contribution is -0.243. The molecule has 4 aliphatic carbocycles. The summed E-state index contributed by atoms with van der Waals surface area (Å²) < 4.78 is 68.0. The lowest BCUT2D eigenvalue weighted by Crippen LogP contribution is -2.66. The number of rotatable bonds is 34. The number of imidazole rings is 1. The highest BCUT2D eigenvalue weighted by Gasteiger charge is 2.71. The monoisotopic (exact) mass is 1460 g/mol. The molecular weight excluding hydrogens is 1370 g/mol. The molecule has 0 bridgehead atoms. The average molecular weight is 1460 g/mol. The zero-order chi connectivity index (χ0) is 71.5. The number of aliphatic hydroxyl groups is 4. The highest BCUT2D eigenvalue weighted by Crippen LogP contribution is 2.70. The first kappa shape index (κ1) is 77.1. The smallest absolute Gasteiger partial charge is 0.458 e. The summed E-state index contributed by atoms with van der Waals surface area (Å²) >= 11 is 1.18. The Kier molecular flexibility index (Phi) is 24.6. The van der Waals surface area contributed by atoms with E-state index in [1.807, 2.05) is 6.92 Å². The number of esters is 1. The van der Waals surface area contributed by atoms with Crippen LogP contribution in [-0.4, -0.2) is 205 Å². The fourth-order valence-electron chi connectivity index (χ4n) is 15.8. The Morgan fingerprint density at radius 3 is 2.32 bits per heavy atom. The molecule has 5 heterocycles. The molecule has 4 unspecified atom stereocenters. The molecule has 98 heavy (non-hydrogen) atoms. The second-order valence-corrected chi connectivity index (χ2v) is 33.4.